The smallest absolute Gasteiger partial charge is 0.303 e. The molecule has 24 heavy (non-hydrogen) atoms. The van der Waals surface area contributed by atoms with Gasteiger partial charge in [-0.1, -0.05) is 44.1 Å². The molecule has 0 aromatic rings. The van der Waals surface area contributed by atoms with Crippen molar-refractivity contribution in [1.82, 2.24) is 0 Å². The molecule has 0 amide bonds. The number of hydrogen-bond donors (Lipinski definition) is 4. The number of hydrogen-bond acceptors (Lipinski definition) is 4. The number of carbonyl (C=O) groups is 1. The summed E-state index contributed by atoms with van der Waals surface area (Å²) in [7, 11) is 0. The van der Waals surface area contributed by atoms with E-state index in [2.05, 4.69) is 6.92 Å². The Hall–Kier alpha value is -1.17. The van der Waals surface area contributed by atoms with Gasteiger partial charge in [0.25, 0.3) is 0 Å². The SMILES string of the molecule is CCCC[C@@H](O)/C=C/[C@@H]1[C@H](C/C=C\CCCC(=O)O)[C@H](O)C[C@@H]1O. The van der Waals surface area contributed by atoms with E-state index < -0.39 is 24.3 Å². The largest absolute Gasteiger partial charge is 0.481 e. The van der Waals surface area contributed by atoms with E-state index in [1.807, 2.05) is 18.2 Å². The molecule has 4 N–H and O–H groups in total. The Labute approximate surface area is 144 Å². The molecule has 1 aliphatic carbocycles. The predicted molar refractivity (Wildman–Crippen MR) is 93.5 cm³/mol. The van der Waals surface area contributed by atoms with E-state index in [4.69, 9.17) is 5.11 Å². The summed E-state index contributed by atoms with van der Waals surface area (Å²) in [6, 6.07) is 0. The maximum absolute atomic E-state index is 10.4. The number of aliphatic hydroxyl groups is 3. The molecular formula is C19H32O5. The lowest BCUT2D eigenvalue weighted by Crippen LogP contribution is -2.20. The fraction of sp³-hybridized carbons (Fsp3) is 0.737. The van der Waals surface area contributed by atoms with Crippen LogP contribution in [0.3, 0.4) is 0 Å². The molecule has 5 nitrogen and oxygen atoms in total. The highest BCUT2D eigenvalue weighted by Crippen LogP contribution is 2.36. The van der Waals surface area contributed by atoms with Crippen LogP contribution in [0.25, 0.3) is 0 Å². The van der Waals surface area contributed by atoms with Gasteiger partial charge < -0.3 is 20.4 Å². The molecule has 0 heterocycles. The molecule has 0 unspecified atom stereocenters. The number of aliphatic hydroxyl groups excluding tert-OH is 3. The van der Waals surface area contributed by atoms with Crippen molar-refractivity contribution in [3.05, 3.63) is 24.3 Å². The predicted octanol–water partition coefficient (Wildman–Crippen LogP) is 2.65. The molecule has 0 aromatic carbocycles. The highest BCUT2D eigenvalue weighted by molar-refractivity contribution is 5.66. The van der Waals surface area contributed by atoms with Gasteiger partial charge in [-0.3, -0.25) is 4.79 Å². The highest BCUT2D eigenvalue weighted by atomic mass is 16.4. The van der Waals surface area contributed by atoms with Crippen LogP contribution in [0.2, 0.25) is 0 Å². The second-order valence-electron chi connectivity index (χ2n) is 6.70. The Bertz CT molecular complexity index is 418. The van der Waals surface area contributed by atoms with Gasteiger partial charge in [0.05, 0.1) is 18.3 Å². The van der Waals surface area contributed by atoms with E-state index in [9.17, 15) is 20.1 Å². The summed E-state index contributed by atoms with van der Waals surface area (Å²) in [5.41, 5.74) is 0. The standard InChI is InChI=1S/C19H32O5/c1-2-3-8-14(20)11-12-16-15(17(21)13-18(16)22)9-6-4-5-7-10-19(23)24/h4,6,11-12,14-18,20-22H,2-3,5,7-10,13H2,1H3,(H,23,24)/b6-4-,12-11+/t14-,15+,16-,17-,18+/m1/s1. The highest BCUT2D eigenvalue weighted by Gasteiger charge is 2.39. The van der Waals surface area contributed by atoms with Gasteiger partial charge in [0.1, 0.15) is 0 Å². The van der Waals surface area contributed by atoms with Crippen LogP contribution in [-0.2, 0) is 4.79 Å². The van der Waals surface area contributed by atoms with Crippen LogP contribution in [0.15, 0.2) is 24.3 Å². The molecule has 5 atom stereocenters. The van der Waals surface area contributed by atoms with Gasteiger partial charge in [-0.05, 0) is 31.6 Å². The van der Waals surface area contributed by atoms with E-state index in [0.717, 1.165) is 12.8 Å². The summed E-state index contributed by atoms with van der Waals surface area (Å²) in [5, 5.41) is 38.8. The summed E-state index contributed by atoms with van der Waals surface area (Å²) >= 11 is 0. The third-order valence-corrected chi connectivity index (χ3v) is 4.66. The first-order chi connectivity index (χ1) is 11.5. The van der Waals surface area contributed by atoms with Gasteiger partial charge in [0.2, 0.25) is 0 Å². The van der Waals surface area contributed by atoms with Gasteiger partial charge in [-0.2, -0.15) is 0 Å². The number of unbranched alkanes of at least 4 members (excludes halogenated alkanes) is 2. The third-order valence-electron chi connectivity index (χ3n) is 4.66. The molecular weight excluding hydrogens is 308 g/mol. The van der Waals surface area contributed by atoms with E-state index in [-0.39, 0.29) is 18.3 Å². The zero-order valence-electron chi connectivity index (χ0n) is 14.6. The monoisotopic (exact) mass is 340 g/mol. The molecule has 1 rings (SSSR count). The lowest BCUT2D eigenvalue weighted by molar-refractivity contribution is -0.137. The minimum atomic E-state index is -0.787. The average molecular weight is 340 g/mol. The van der Waals surface area contributed by atoms with Crippen molar-refractivity contribution in [2.75, 3.05) is 0 Å². The maximum atomic E-state index is 10.4. The summed E-state index contributed by atoms with van der Waals surface area (Å²) in [6.45, 7) is 2.08. The minimum absolute atomic E-state index is 0.0645. The van der Waals surface area contributed by atoms with Crippen LogP contribution in [-0.4, -0.2) is 44.7 Å². The fourth-order valence-electron chi connectivity index (χ4n) is 3.21. The first kappa shape index (κ1) is 20.9. The van der Waals surface area contributed by atoms with Gasteiger partial charge in [-0.25, -0.2) is 0 Å². The van der Waals surface area contributed by atoms with Gasteiger partial charge >= 0.3 is 5.97 Å². The lowest BCUT2D eigenvalue weighted by atomic mass is 9.89. The van der Waals surface area contributed by atoms with Gasteiger partial charge in [0, 0.05) is 18.8 Å². The number of rotatable bonds is 11. The topological polar surface area (TPSA) is 98.0 Å². The van der Waals surface area contributed by atoms with Crippen molar-refractivity contribution < 1.29 is 25.2 Å². The molecule has 0 radical (unpaired) electrons. The van der Waals surface area contributed by atoms with Crippen LogP contribution in [0.5, 0.6) is 0 Å². The maximum Gasteiger partial charge on any atom is 0.303 e. The van der Waals surface area contributed by atoms with E-state index in [1.165, 1.54) is 0 Å². The van der Waals surface area contributed by atoms with Crippen LogP contribution in [0.1, 0.15) is 58.3 Å². The summed E-state index contributed by atoms with van der Waals surface area (Å²) in [4.78, 5) is 10.4. The molecule has 0 aromatic heterocycles. The van der Waals surface area contributed by atoms with Gasteiger partial charge in [-0.15, -0.1) is 0 Å². The van der Waals surface area contributed by atoms with Crippen molar-refractivity contribution >= 4 is 5.97 Å². The molecule has 0 spiro atoms. The normalized spacial score (nSPS) is 28.8. The number of carboxylic acids is 1. The summed E-state index contributed by atoms with van der Waals surface area (Å²) in [6.07, 6.45) is 11.0. The third kappa shape index (κ3) is 7.60. The second kappa shape index (κ2) is 11.4. The fourth-order valence-corrected chi connectivity index (χ4v) is 3.21. The molecule has 0 aliphatic heterocycles. The number of carboxylic acid groups (broad SMARTS) is 1. The van der Waals surface area contributed by atoms with Crippen LogP contribution in [0.4, 0.5) is 0 Å². The van der Waals surface area contributed by atoms with Crippen LogP contribution >= 0.6 is 0 Å². The van der Waals surface area contributed by atoms with Crippen molar-refractivity contribution in [3.8, 4) is 0 Å². The van der Waals surface area contributed by atoms with Crippen molar-refractivity contribution in [2.45, 2.75) is 76.6 Å². The average Bonchev–Trinajstić information content (AvgIpc) is 2.79. The second-order valence-corrected chi connectivity index (χ2v) is 6.70. The molecule has 1 saturated carbocycles. The van der Waals surface area contributed by atoms with Gasteiger partial charge in [0.15, 0.2) is 0 Å². The summed E-state index contributed by atoms with van der Waals surface area (Å²) in [5.74, 6) is -1.00. The van der Waals surface area contributed by atoms with Crippen molar-refractivity contribution in [1.29, 1.82) is 0 Å². The van der Waals surface area contributed by atoms with Crippen LogP contribution < -0.4 is 0 Å². The number of aliphatic carboxylic acids is 1. The quantitative estimate of drug-likeness (QED) is 0.342. The first-order valence-corrected chi connectivity index (χ1v) is 9.05. The lowest BCUT2D eigenvalue weighted by Gasteiger charge is -2.19. The molecule has 1 fully saturated rings. The Morgan fingerprint density at radius 2 is 1.96 bits per heavy atom. The zero-order chi connectivity index (χ0) is 17.9. The zero-order valence-corrected chi connectivity index (χ0v) is 14.6. The van der Waals surface area contributed by atoms with Crippen molar-refractivity contribution in [2.24, 2.45) is 11.8 Å². The van der Waals surface area contributed by atoms with E-state index in [0.29, 0.717) is 32.1 Å². The van der Waals surface area contributed by atoms with Crippen LogP contribution in [0, 0.1) is 11.8 Å². The van der Waals surface area contributed by atoms with E-state index in [1.54, 1.807) is 6.08 Å². The Morgan fingerprint density at radius 1 is 1.21 bits per heavy atom. The Balaban J connectivity index is 2.48. The molecule has 1 aliphatic rings. The van der Waals surface area contributed by atoms with Crippen molar-refractivity contribution in [3.63, 3.8) is 0 Å². The molecule has 138 valence electrons. The molecule has 5 heteroatoms. The minimum Gasteiger partial charge on any atom is -0.481 e. The molecule has 0 bridgehead atoms. The summed E-state index contributed by atoms with van der Waals surface area (Å²) < 4.78 is 0. The number of allylic oxidation sites excluding steroid dienone is 2. The first-order valence-electron chi connectivity index (χ1n) is 9.05. The Kier molecular flexibility index (Phi) is 9.91. The molecule has 0 saturated heterocycles. The van der Waals surface area contributed by atoms with E-state index >= 15 is 0 Å². The Morgan fingerprint density at radius 3 is 2.62 bits per heavy atom.